The highest BCUT2D eigenvalue weighted by molar-refractivity contribution is 5.80. The molecule has 7 heteroatoms. The Morgan fingerprint density at radius 3 is 2.44 bits per heavy atom. The summed E-state index contributed by atoms with van der Waals surface area (Å²) in [4.78, 5) is 7.23. The molecule has 1 heterocycles. The normalized spacial score (nSPS) is 16.1. The van der Waals surface area contributed by atoms with Gasteiger partial charge in [-0.3, -0.25) is 4.99 Å². The predicted molar refractivity (Wildman–Crippen MR) is 131 cm³/mol. The molecular formula is C25H36N4O3. The first-order chi connectivity index (χ1) is 15.6. The largest absolute Gasteiger partial charge is 0.493 e. The van der Waals surface area contributed by atoms with Crippen LogP contribution in [0.25, 0.3) is 0 Å². The van der Waals surface area contributed by atoms with Crippen molar-refractivity contribution in [3.05, 3.63) is 47.5 Å². The number of nitrogens with one attached hydrogen (secondary N) is 2. The molecule has 0 bridgehead atoms. The highest BCUT2D eigenvalue weighted by Gasteiger charge is 2.23. The second-order valence-corrected chi connectivity index (χ2v) is 7.92. The molecule has 1 aliphatic heterocycles. The quantitative estimate of drug-likeness (QED) is 0.460. The molecular weight excluding hydrogens is 404 g/mol. The van der Waals surface area contributed by atoms with Crippen LogP contribution in [0.5, 0.6) is 17.2 Å². The number of hydrogen-bond acceptors (Lipinski definition) is 5. The molecule has 0 amide bonds. The maximum Gasteiger partial charge on any atom is 0.203 e. The van der Waals surface area contributed by atoms with E-state index >= 15 is 0 Å². The van der Waals surface area contributed by atoms with Crippen LogP contribution in [0.15, 0.2) is 41.4 Å². The van der Waals surface area contributed by atoms with Gasteiger partial charge in [0.05, 0.1) is 21.3 Å². The van der Waals surface area contributed by atoms with Crippen molar-refractivity contribution >= 4 is 11.6 Å². The number of guanidine groups is 1. The van der Waals surface area contributed by atoms with Crippen LogP contribution in [0, 0.1) is 6.92 Å². The summed E-state index contributed by atoms with van der Waals surface area (Å²) in [6.45, 7) is 7.67. The number of methoxy groups -OCH3 is 3. The number of hydrogen-bond donors (Lipinski definition) is 2. The molecule has 0 aromatic heterocycles. The molecule has 1 unspecified atom stereocenters. The number of anilines is 1. The zero-order valence-corrected chi connectivity index (χ0v) is 19.9. The topological polar surface area (TPSA) is 67.4 Å². The van der Waals surface area contributed by atoms with E-state index in [1.165, 1.54) is 11.3 Å². The Morgan fingerprint density at radius 1 is 1.03 bits per heavy atom. The van der Waals surface area contributed by atoms with Gasteiger partial charge in [-0.15, -0.1) is 0 Å². The first kappa shape index (κ1) is 23.6. The lowest BCUT2D eigenvalue weighted by molar-refractivity contribution is 0.322. The molecule has 1 atom stereocenters. The standard InChI is InChI=1S/C25H36N4O3/c1-6-26-25(28-20-14-16-29(17-20)21-10-7-18(2)8-11-21)27-15-13-19-9-12-22(30-3)24(32-5)23(19)31-4/h7-12,20H,6,13-17H2,1-5H3,(H2,26,27,28). The Morgan fingerprint density at radius 2 is 1.78 bits per heavy atom. The SMILES string of the molecule is CCNC(=NCCc1ccc(OC)c(OC)c1OC)NC1CCN(c2ccc(C)cc2)C1. The molecule has 0 aliphatic carbocycles. The van der Waals surface area contributed by atoms with Crippen molar-refractivity contribution in [2.24, 2.45) is 4.99 Å². The van der Waals surface area contributed by atoms with E-state index in [2.05, 4.69) is 53.6 Å². The maximum absolute atomic E-state index is 5.59. The molecule has 0 saturated carbocycles. The number of rotatable bonds is 9. The van der Waals surface area contributed by atoms with Gasteiger partial charge in [0.2, 0.25) is 5.75 Å². The van der Waals surface area contributed by atoms with Gasteiger partial charge >= 0.3 is 0 Å². The van der Waals surface area contributed by atoms with Crippen molar-refractivity contribution in [2.75, 3.05) is 52.4 Å². The van der Waals surface area contributed by atoms with Crippen LogP contribution in [0.3, 0.4) is 0 Å². The van der Waals surface area contributed by atoms with Crippen LogP contribution in [-0.2, 0) is 6.42 Å². The molecule has 1 saturated heterocycles. The van der Waals surface area contributed by atoms with Gasteiger partial charge in [-0.2, -0.15) is 0 Å². The second kappa shape index (κ2) is 11.5. The number of ether oxygens (including phenoxy) is 3. The molecule has 174 valence electrons. The lowest BCUT2D eigenvalue weighted by Gasteiger charge is -2.20. The van der Waals surface area contributed by atoms with E-state index in [4.69, 9.17) is 19.2 Å². The third-order valence-electron chi connectivity index (χ3n) is 5.71. The first-order valence-corrected chi connectivity index (χ1v) is 11.2. The van der Waals surface area contributed by atoms with Crippen molar-refractivity contribution in [2.45, 2.75) is 32.7 Å². The van der Waals surface area contributed by atoms with Crippen LogP contribution in [-0.4, -0.2) is 59.5 Å². The van der Waals surface area contributed by atoms with E-state index in [-0.39, 0.29) is 0 Å². The minimum Gasteiger partial charge on any atom is -0.493 e. The second-order valence-electron chi connectivity index (χ2n) is 7.92. The Kier molecular flexibility index (Phi) is 8.48. The van der Waals surface area contributed by atoms with Crippen molar-refractivity contribution in [1.82, 2.24) is 10.6 Å². The molecule has 2 aromatic rings. The van der Waals surface area contributed by atoms with E-state index < -0.39 is 0 Å². The molecule has 0 radical (unpaired) electrons. The number of aryl methyl sites for hydroxylation is 1. The van der Waals surface area contributed by atoms with Gasteiger partial charge in [0, 0.05) is 43.5 Å². The molecule has 1 fully saturated rings. The lowest BCUT2D eigenvalue weighted by Crippen LogP contribution is -2.44. The number of nitrogens with zero attached hydrogens (tertiary/aromatic N) is 2. The minimum atomic E-state index is 0.365. The van der Waals surface area contributed by atoms with Crippen LogP contribution in [0.2, 0.25) is 0 Å². The average molecular weight is 441 g/mol. The van der Waals surface area contributed by atoms with Crippen molar-refractivity contribution in [1.29, 1.82) is 0 Å². The fourth-order valence-corrected chi connectivity index (χ4v) is 4.03. The average Bonchev–Trinajstić information content (AvgIpc) is 3.27. The number of aliphatic imine (C=N–C) groups is 1. The summed E-state index contributed by atoms with van der Waals surface area (Å²) in [6, 6.07) is 13.0. The van der Waals surface area contributed by atoms with Crippen molar-refractivity contribution < 1.29 is 14.2 Å². The van der Waals surface area contributed by atoms with E-state index in [0.717, 1.165) is 44.0 Å². The van der Waals surface area contributed by atoms with Crippen LogP contribution in [0.4, 0.5) is 5.69 Å². The summed E-state index contributed by atoms with van der Waals surface area (Å²) in [5, 5.41) is 6.98. The summed E-state index contributed by atoms with van der Waals surface area (Å²) in [5.41, 5.74) is 3.61. The number of benzene rings is 2. The van der Waals surface area contributed by atoms with Gasteiger partial charge in [-0.25, -0.2) is 0 Å². The molecule has 0 spiro atoms. The summed E-state index contributed by atoms with van der Waals surface area (Å²) in [6.07, 6.45) is 1.82. The third-order valence-corrected chi connectivity index (χ3v) is 5.71. The zero-order chi connectivity index (χ0) is 22.9. The molecule has 1 aliphatic rings. The highest BCUT2D eigenvalue weighted by atomic mass is 16.5. The Labute approximate surface area is 191 Å². The summed E-state index contributed by atoms with van der Waals surface area (Å²) >= 11 is 0. The van der Waals surface area contributed by atoms with Crippen LogP contribution >= 0.6 is 0 Å². The molecule has 3 rings (SSSR count). The fourth-order valence-electron chi connectivity index (χ4n) is 4.03. The molecule has 32 heavy (non-hydrogen) atoms. The summed E-state index contributed by atoms with van der Waals surface area (Å²) < 4.78 is 16.5. The Balaban J connectivity index is 1.61. The van der Waals surface area contributed by atoms with E-state index in [1.807, 2.05) is 12.1 Å². The lowest BCUT2D eigenvalue weighted by atomic mass is 10.1. The predicted octanol–water partition coefficient (Wildman–Crippen LogP) is 3.40. The monoisotopic (exact) mass is 440 g/mol. The summed E-state index contributed by atoms with van der Waals surface area (Å²) in [5.74, 6) is 2.82. The van der Waals surface area contributed by atoms with E-state index in [0.29, 0.717) is 29.8 Å². The van der Waals surface area contributed by atoms with Gasteiger partial charge in [-0.1, -0.05) is 23.8 Å². The zero-order valence-electron chi connectivity index (χ0n) is 19.9. The van der Waals surface area contributed by atoms with Gasteiger partial charge < -0.3 is 29.7 Å². The van der Waals surface area contributed by atoms with Crippen molar-refractivity contribution in [3.63, 3.8) is 0 Å². The maximum atomic E-state index is 5.59. The van der Waals surface area contributed by atoms with E-state index in [9.17, 15) is 0 Å². The first-order valence-electron chi connectivity index (χ1n) is 11.2. The van der Waals surface area contributed by atoms with Crippen molar-refractivity contribution in [3.8, 4) is 17.2 Å². The van der Waals surface area contributed by atoms with Gasteiger partial charge in [0.1, 0.15) is 0 Å². The van der Waals surface area contributed by atoms with Gasteiger partial charge in [-0.05, 0) is 44.9 Å². The molecule has 7 nitrogen and oxygen atoms in total. The molecule has 2 N–H and O–H groups in total. The Bertz CT molecular complexity index is 899. The summed E-state index contributed by atoms with van der Waals surface area (Å²) in [7, 11) is 4.89. The van der Waals surface area contributed by atoms with Crippen LogP contribution in [0.1, 0.15) is 24.5 Å². The van der Waals surface area contributed by atoms with Crippen LogP contribution < -0.4 is 29.7 Å². The highest BCUT2D eigenvalue weighted by Crippen LogP contribution is 2.39. The third kappa shape index (κ3) is 5.78. The Hall–Kier alpha value is -3.09. The smallest absolute Gasteiger partial charge is 0.203 e. The van der Waals surface area contributed by atoms with E-state index in [1.54, 1.807) is 21.3 Å². The van der Waals surface area contributed by atoms with Gasteiger partial charge in [0.25, 0.3) is 0 Å². The fraction of sp³-hybridized carbons (Fsp3) is 0.480. The minimum absolute atomic E-state index is 0.365. The molecule has 2 aromatic carbocycles. The van der Waals surface area contributed by atoms with Gasteiger partial charge in [0.15, 0.2) is 17.5 Å².